The van der Waals surface area contributed by atoms with Crippen molar-refractivity contribution in [1.29, 1.82) is 0 Å². The van der Waals surface area contributed by atoms with Gasteiger partial charge in [0.25, 0.3) is 5.91 Å². The number of ether oxygens (including phenoxy) is 1. The van der Waals surface area contributed by atoms with Crippen molar-refractivity contribution in [3.8, 4) is 5.75 Å². The van der Waals surface area contributed by atoms with E-state index in [0.717, 1.165) is 10.9 Å². The third kappa shape index (κ3) is 3.35. The topological polar surface area (TPSA) is 38.3 Å². The van der Waals surface area contributed by atoms with Crippen LogP contribution in [0.5, 0.6) is 5.75 Å². The summed E-state index contributed by atoms with van der Waals surface area (Å²) in [5, 5.41) is 3.18. The number of carbonyl (C=O) groups is 1. The number of halogens is 1. The molecule has 1 aliphatic rings. The molecule has 1 aliphatic carbocycles. The molecule has 1 aromatic rings. The number of benzene rings is 1. The molecule has 110 valence electrons. The summed E-state index contributed by atoms with van der Waals surface area (Å²) in [5.41, 5.74) is 0.634. The summed E-state index contributed by atoms with van der Waals surface area (Å²) in [6.07, 6.45) is 3.52. The van der Waals surface area contributed by atoms with E-state index in [4.69, 9.17) is 4.74 Å². The van der Waals surface area contributed by atoms with Crippen LogP contribution in [0.25, 0.3) is 0 Å². The van der Waals surface area contributed by atoms with Crippen molar-refractivity contribution in [1.82, 2.24) is 5.32 Å². The van der Waals surface area contributed by atoms with Crippen molar-refractivity contribution < 1.29 is 9.53 Å². The van der Waals surface area contributed by atoms with Crippen LogP contribution in [-0.4, -0.2) is 19.1 Å². The SMILES string of the molecule is COc1ccc(Br)c(C(=O)NC2CCCC(C)C2C)c1. The first-order valence-corrected chi connectivity index (χ1v) is 7.96. The van der Waals surface area contributed by atoms with Crippen LogP contribution in [0, 0.1) is 11.8 Å². The largest absolute Gasteiger partial charge is 0.497 e. The second-order valence-corrected chi connectivity index (χ2v) is 6.55. The van der Waals surface area contributed by atoms with Gasteiger partial charge in [0.15, 0.2) is 0 Å². The van der Waals surface area contributed by atoms with Crippen molar-refractivity contribution in [3.05, 3.63) is 28.2 Å². The fourth-order valence-electron chi connectivity index (χ4n) is 2.84. The minimum atomic E-state index is -0.0262. The molecule has 0 saturated heterocycles. The Morgan fingerprint density at radius 3 is 2.80 bits per heavy atom. The molecule has 4 heteroatoms. The van der Waals surface area contributed by atoms with Gasteiger partial charge in [-0.05, 0) is 52.4 Å². The summed E-state index contributed by atoms with van der Waals surface area (Å²) in [6, 6.07) is 5.73. The number of carbonyl (C=O) groups excluding carboxylic acids is 1. The van der Waals surface area contributed by atoms with E-state index >= 15 is 0 Å². The first-order chi connectivity index (χ1) is 9.52. The molecule has 1 saturated carbocycles. The van der Waals surface area contributed by atoms with Gasteiger partial charge in [0.1, 0.15) is 5.75 Å². The van der Waals surface area contributed by atoms with E-state index in [9.17, 15) is 4.79 Å². The van der Waals surface area contributed by atoms with Gasteiger partial charge in [0, 0.05) is 10.5 Å². The van der Waals surface area contributed by atoms with Gasteiger partial charge in [0.05, 0.1) is 12.7 Å². The minimum Gasteiger partial charge on any atom is -0.497 e. The number of hydrogen-bond donors (Lipinski definition) is 1. The van der Waals surface area contributed by atoms with Crippen molar-refractivity contribution in [3.63, 3.8) is 0 Å². The molecule has 1 fully saturated rings. The summed E-state index contributed by atoms with van der Waals surface area (Å²) >= 11 is 3.44. The van der Waals surface area contributed by atoms with Crippen molar-refractivity contribution in [2.24, 2.45) is 11.8 Å². The average Bonchev–Trinajstić information content (AvgIpc) is 2.44. The van der Waals surface area contributed by atoms with Crippen LogP contribution in [0.3, 0.4) is 0 Å². The maximum atomic E-state index is 12.5. The highest BCUT2D eigenvalue weighted by Gasteiger charge is 2.28. The van der Waals surface area contributed by atoms with Crippen molar-refractivity contribution in [2.45, 2.75) is 39.2 Å². The molecule has 0 aliphatic heterocycles. The Morgan fingerprint density at radius 1 is 1.35 bits per heavy atom. The molecule has 1 aromatic carbocycles. The first-order valence-electron chi connectivity index (χ1n) is 7.17. The standard InChI is InChI=1S/C16H22BrNO2/c1-10-5-4-6-15(11(10)2)18-16(19)13-9-12(20-3)7-8-14(13)17/h7-11,15H,4-6H2,1-3H3,(H,18,19). The summed E-state index contributed by atoms with van der Waals surface area (Å²) < 4.78 is 5.99. The molecule has 1 amide bonds. The second-order valence-electron chi connectivity index (χ2n) is 5.69. The third-order valence-corrected chi connectivity index (χ3v) is 5.13. The highest BCUT2D eigenvalue weighted by Crippen LogP contribution is 2.30. The second kappa shape index (κ2) is 6.61. The van der Waals surface area contributed by atoms with E-state index in [-0.39, 0.29) is 11.9 Å². The molecule has 1 N–H and O–H groups in total. The maximum Gasteiger partial charge on any atom is 0.252 e. The zero-order chi connectivity index (χ0) is 14.7. The van der Waals surface area contributed by atoms with Crippen LogP contribution in [0.4, 0.5) is 0 Å². The fourth-order valence-corrected chi connectivity index (χ4v) is 3.26. The highest BCUT2D eigenvalue weighted by molar-refractivity contribution is 9.10. The molecule has 0 aromatic heterocycles. The first kappa shape index (κ1) is 15.4. The molecule has 0 spiro atoms. The van der Waals surface area contributed by atoms with Gasteiger partial charge in [-0.15, -0.1) is 0 Å². The van der Waals surface area contributed by atoms with Gasteiger partial charge in [-0.1, -0.05) is 26.7 Å². The fraction of sp³-hybridized carbons (Fsp3) is 0.562. The van der Waals surface area contributed by atoms with E-state index in [1.165, 1.54) is 12.8 Å². The quantitative estimate of drug-likeness (QED) is 0.903. The molecule has 0 radical (unpaired) electrons. The molecule has 20 heavy (non-hydrogen) atoms. The third-order valence-electron chi connectivity index (χ3n) is 4.44. The summed E-state index contributed by atoms with van der Waals surface area (Å²) in [6.45, 7) is 4.50. The van der Waals surface area contributed by atoms with Crippen LogP contribution < -0.4 is 10.1 Å². The summed E-state index contributed by atoms with van der Waals surface area (Å²) in [7, 11) is 1.61. The van der Waals surface area contributed by atoms with Crippen LogP contribution in [0.15, 0.2) is 22.7 Å². The molecule has 3 nitrogen and oxygen atoms in total. The monoisotopic (exact) mass is 339 g/mol. The zero-order valence-electron chi connectivity index (χ0n) is 12.3. The smallest absolute Gasteiger partial charge is 0.252 e. The van der Waals surface area contributed by atoms with Crippen LogP contribution in [0.2, 0.25) is 0 Å². The Labute approximate surface area is 129 Å². The van der Waals surface area contributed by atoms with Gasteiger partial charge in [-0.25, -0.2) is 0 Å². The lowest BCUT2D eigenvalue weighted by molar-refractivity contribution is 0.0890. The molecule has 2 rings (SSSR count). The predicted molar refractivity (Wildman–Crippen MR) is 84.1 cm³/mol. The van der Waals surface area contributed by atoms with E-state index in [0.29, 0.717) is 23.1 Å². The number of methoxy groups -OCH3 is 1. The van der Waals surface area contributed by atoms with E-state index in [2.05, 4.69) is 35.1 Å². The molecule has 3 unspecified atom stereocenters. The van der Waals surface area contributed by atoms with Gasteiger partial charge in [-0.3, -0.25) is 4.79 Å². The maximum absolute atomic E-state index is 12.5. The van der Waals surface area contributed by atoms with Crippen molar-refractivity contribution >= 4 is 21.8 Å². The number of hydrogen-bond acceptors (Lipinski definition) is 2. The van der Waals surface area contributed by atoms with Gasteiger partial charge in [-0.2, -0.15) is 0 Å². The van der Waals surface area contributed by atoms with E-state index in [1.807, 2.05) is 12.1 Å². The lowest BCUT2D eigenvalue weighted by atomic mass is 9.78. The number of amides is 1. The highest BCUT2D eigenvalue weighted by atomic mass is 79.9. The Kier molecular flexibility index (Phi) is 5.08. The van der Waals surface area contributed by atoms with Crippen LogP contribution >= 0.6 is 15.9 Å². The zero-order valence-corrected chi connectivity index (χ0v) is 13.9. The Morgan fingerprint density at radius 2 is 2.10 bits per heavy atom. The van der Waals surface area contributed by atoms with Gasteiger partial charge in [0.2, 0.25) is 0 Å². The van der Waals surface area contributed by atoms with Gasteiger partial charge >= 0.3 is 0 Å². The number of rotatable bonds is 3. The van der Waals surface area contributed by atoms with E-state index in [1.54, 1.807) is 13.2 Å². The summed E-state index contributed by atoms with van der Waals surface area (Å²) in [5.74, 6) is 1.87. The minimum absolute atomic E-state index is 0.0262. The Balaban J connectivity index is 2.11. The van der Waals surface area contributed by atoms with Gasteiger partial charge < -0.3 is 10.1 Å². The summed E-state index contributed by atoms with van der Waals surface area (Å²) in [4.78, 5) is 12.5. The number of nitrogens with one attached hydrogen (secondary N) is 1. The molecule has 0 bridgehead atoms. The van der Waals surface area contributed by atoms with Crippen molar-refractivity contribution in [2.75, 3.05) is 7.11 Å². The molecule has 0 heterocycles. The lowest BCUT2D eigenvalue weighted by Crippen LogP contribution is -2.43. The lowest BCUT2D eigenvalue weighted by Gasteiger charge is -2.34. The van der Waals surface area contributed by atoms with Crippen LogP contribution in [-0.2, 0) is 0 Å². The predicted octanol–water partition coefficient (Wildman–Crippen LogP) is 4.01. The Bertz CT molecular complexity index is 489. The molecular weight excluding hydrogens is 318 g/mol. The molecular formula is C16H22BrNO2. The Hall–Kier alpha value is -1.03. The van der Waals surface area contributed by atoms with E-state index < -0.39 is 0 Å². The molecule has 3 atom stereocenters. The van der Waals surface area contributed by atoms with Crippen LogP contribution in [0.1, 0.15) is 43.5 Å². The normalized spacial score (nSPS) is 26.1. The average molecular weight is 340 g/mol.